The molecular formula is C11H12F2N2O2. The van der Waals surface area contributed by atoms with Gasteiger partial charge in [-0.15, -0.1) is 0 Å². The third-order valence-corrected chi connectivity index (χ3v) is 2.52. The third kappa shape index (κ3) is 2.52. The van der Waals surface area contributed by atoms with Gasteiger partial charge in [-0.1, -0.05) is 0 Å². The molecule has 1 aliphatic rings. The van der Waals surface area contributed by atoms with Crippen LogP contribution in [0.2, 0.25) is 0 Å². The van der Waals surface area contributed by atoms with Crippen LogP contribution in [0.5, 0.6) is 0 Å². The molecule has 0 aliphatic carbocycles. The molecule has 1 aromatic rings. The second-order valence-corrected chi connectivity index (χ2v) is 4.41. The molecule has 1 heterocycles. The standard InChI is InChI=1S/C11H12F2N2O2/c1-11(17)5-15(6-11)10(16)14-9-3-2-7(12)4-8(9)13/h2-4,17H,5-6H2,1H3,(H,14,16). The molecule has 1 fully saturated rings. The Morgan fingerprint density at radius 1 is 1.47 bits per heavy atom. The molecule has 0 atom stereocenters. The molecule has 92 valence electrons. The van der Waals surface area contributed by atoms with Crippen molar-refractivity contribution in [3.63, 3.8) is 0 Å². The molecule has 17 heavy (non-hydrogen) atoms. The molecule has 6 heteroatoms. The van der Waals surface area contributed by atoms with Crippen molar-refractivity contribution >= 4 is 11.7 Å². The van der Waals surface area contributed by atoms with Gasteiger partial charge in [-0.05, 0) is 19.1 Å². The Kier molecular flexibility index (Phi) is 2.74. The maximum atomic E-state index is 13.2. The fourth-order valence-electron chi connectivity index (χ4n) is 1.70. The Bertz CT molecular complexity index is 455. The molecule has 0 spiro atoms. The summed E-state index contributed by atoms with van der Waals surface area (Å²) in [6, 6.07) is 2.40. The summed E-state index contributed by atoms with van der Waals surface area (Å²) in [5.74, 6) is -1.53. The zero-order valence-electron chi connectivity index (χ0n) is 9.20. The van der Waals surface area contributed by atoms with Crippen molar-refractivity contribution in [2.45, 2.75) is 12.5 Å². The lowest BCUT2D eigenvalue weighted by atomic mass is 9.98. The van der Waals surface area contributed by atoms with E-state index in [2.05, 4.69) is 5.32 Å². The number of nitrogens with zero attached hydrogens (tertiary/aromatic N) is 1. The summed E-state index contributed by atoms with van der Waals surface area (Å²) in [6.45, 7) is 2.00. The molecule has 4 nitrogen and oxygen atoms in total. The lowest BCUT2D eigenvalue weighted by Gasteiger charge is -2.43. The Morgan fingerprint density at radius 3 is 2.65 bits per heavy atom. The van der Waals surface area contributed by atoms with Gasteiger partial charge in [0.15, 0.2) is 0 Å². The van der Waals surface area contributed by atoms with Crippen LogP contribution in [0, 0.1) is 11.6 Å². The first-order chi connectivity index (χ1) is 7.87. The number of amides is 2. The number of carbonyl (C=O) groups excluding carboxylic acids is 1. The van der Waals surface area contributed by atoms with Crippen molar-refractivity contribution in [1.82, 2.24) is 4.90 Å². The number of β-amino-alcohol motifs (C(OH)–C–C–N with tert-alkyl or cyclic N) is 1. The summed E-state index contributed by atoms with van der Waals surface area (Å²) < 4.78 is 25.9. The third-order valence-electron chi connectivity index (χ3n) is 2.52. The van der Waals surface area contributed by atoms with Crippen LogP contribution in [0.1, 0.15) is 6.92 Å². The molecule has 0 unspecified atom stereocenters. The number of urea groups is 1. The number of anilines is 1. The number of benzene rings is 1. The van der Waals surface area contributed by atoms with Crippen LogP contribution in [-0.4, -0.2) is 34.7 Å². The smallest absolute Gasteiger partial charge is 0.322 e. The highest BCUT2D eigenvalue weighted by Crippen LogP contribution is 2.22. The van der Waals surface area contributed by atoms with E-state index in [1.165, 1.54) is 4.90 Å². The molecule has 2 rings (SSSR count). The van der Waals surface area contributed by atoms with Gasteiger partial charge in [0.05, 0.1) is 24.4 Å². The maximum Gasteiger partial charge on any atom is 0.322 e. The molecule has 1 aromatic carbocycles. The summed E-state index contributed by atoms with van der Waals surface area (Å²) >= 11 is 0. The van der Waals surface area contributed by atoms with Gasteiger partial charge in [-0.25, -0.2) is 13.6 Å². The number of hydrogen-bond donors (Lipinski definition) is 2. The summed E-state index contributed by atoms with van der Waals surface area (Å²) in [6.07, 6.45) is 0. The molecule has 0 bridgehead atoms. The Hall–Kier alpha value is -1.69. The highest BCUT2D eigenvalue weighted by molar-refractivity contribution is 5.90. The zero-order chi connectivity index (χ0) is 12.6. The fourth-order valence-corrected chi connectivity index (χ4v) is 1.70. The van der Waals surface area contributed by atoms with Crippen LogP contribution < -0.4 is 5.32 Å². The first kappa shape index (κ1) is 11.8. The summed E-state index contributed by atoms with van der Waals surface area (Å²) in [7, 11) is 0. The minimum absolute atomic E-state index is 0.0806. The van der Waals surface area contributed by atoms with E-state index in [1.807, 2.05) is 0 Å². The van der Waals surface area contributed by atoms with Crippen LogP contribution in [0.25, 0.3) is 0 Å². The van der Waals surface area contributed by atoms with Gasteiger partial charge in [0.1, 0.15) is 11.6 Å². The van der Waals surface area contributed by atoms with E-state index in [0.29, 0.717) is 6.07 Å². The van der Waals surface area contributed by atoms with E-state index in [1.54, 1.807) is 6.92 Å². The zero-order valence-corrected chi connectivity index (χ0v) is 9.20. The first-order valence-corrected chi connectivity index (χ1v) is 5.11. The van der Waals surface area contributed by atoms with Crippen molar-refractivity contribution in [3.05, 3.63) is 29.8 Å². The number of carbonyl (C=O) groups is 1. The minimum Gasteiger partial charge on any atom is -0.386 e. The van der Waals surface area contributed by atoms with Gasteiger partial charge in [-0.2, -0.15) is 0 Å². The second-order valence-electron chi connectivity index (χ2n) is 4.41. The van der Waals surface area contributed by atoms with Crippen LogP contribution >= 0.6 is 0 Å². The summed E-state index contributed by atoms with van der Waals surface area (Å²) in [5, 5.41) is 11.8. The lowest BCUT2D eigenvalue weighted by Crippen LogP contribution is -2.62. The fraction of sp³-hybridized carbons (Fsp3) is 0.364. The van der Waals surface area contributed by atoms with Crippen LogP contribution in [0.3, 0.4) is 0 Å². The average molecular weight is 242 g/mol. The van der Waals surface area contributed by atoms with Crippen LogP contribution in [0.4, 0.5) is 19.3 Å². The van der Waals surface area contributed by atoms with Gasteiger partial charge in [0.25, 0.3) is 0 Å². The Labute approximate surface area is 96.8 Å². The highest BCUT2D eigenvalue weighted by Gasteiger charge is 2.39. The van der Waals surface area contributed by atoms with Gasteiger partial charge in [-0.3, -0.25) is 0 Å². The van der Waals surface area contributed by atoms with Gasteiger partial charge in [0, 0.05) is 6.07 Å². The number of rotatable bonds is 1. The highest BCUT2D eigenvalue weighted by atomic mass is 19.1. The number of halogens is 2. The average Bonchev–Trinajstić information content (AvgIpc) is 2.18. The largest absolute Gasteiger partial charge is 0.386 e. The molecule has 0 aromatic heterocycles. The molecule has 2 amide bonds. The molecule has 0 radical (unpaired) electrons. The van der Waals surface area contributed by atoms with E-state index < -0.39 is 23.3 Å². The monoisotopic (exact) mass is 242 g/mol. The molecule has 2 N–H and O–H groups in total. The van der Waals surface area contributed by atoms with Gasteiger partial charge < -0.3 is 15.3 Å². The lowest BCUT2D eigenvalue weighted by molar-refractivity contribution is -0.0581. The van der Waals surface area contributed by atoms with E-state index >= 15 is 0 Å². The Morgan fingerprint density at radius 2 is 2.12 bits per heavy atom. The second kappa shape index (κ2) is 3.96. The normalized spacial score (nSPS) is 17.5. The van der Waals surface area contributed by atoms with Gasteiger partial charge in [0.2, 0.25) is 0 Å². The van der Waals surface area contributed by atoms with Crippen LogP contribution in [-0.2, 0) is 0 Å². The first-order valence-electron chi connectivity index (χ1n) is 5.11. The predicted molar refractivity (Wildman–Crippen MR) is 57.6 cm³/mol. The summed E-state index contributed by atoms with van der Waals surface area (Å²) in [4.78, 5) is 12.9. The van der Waals surface area contributed by atoms with E-state index in [9.17, 15) is 18.7 Å². The number of aliphatic hydroxyl groups is 1. The molecular weight excluding hydrogens is 230 g/mol. The number of hydrogen-bond acceptors (Lipinski definition) is 2. The van der Waals surface area contributed by atoms with E-state index in [0.717, 1.165) is 12.1 Å². The summed E-state index contributed by atoms with van der Waals surface area (Å²) in [5.41, 5.74) is -0.957. The van der Waals surface area contributed by atoms with Crippen molar-refractivity contribution in [3.8, 4) is 0 Å². The minimum atomic E-state index is -0.876. The maximum absolute atomic E-state index is 13.2. The van der Waals surface area contributed by atoms with Crippen molar-refractivity contribution in [2.24, 2.45) is 0 Å². The topological polar surface area (TPSA) is 52.6 Å². The van der Waals surface area contributed by atoms with E-state index in [-0.39, 0.29) is 18.8 Å². The molecule has 0 saturated carbocycles. The SMILES string of the molecule is CC1(O)CN(C(=O)Nc2ccc(F)cc2F)C1. The molecule has 1 saturated heterocycles. The quantitative estimate of drug-likeness (QED) is 0.785. The Balaban J connectivity index is 2.00. The predicted octanol–water partition coefficient (Wildman–Crippen LogP) is 1.56. The molecule has 1 aliphatic heterocycles. The number of likely N-dealkylation sites (tertiary alicyclic amines) is 1. The van der Waals surface area contributed by atoms with Crippen molar-refractivity contribution in [1.29, 1.82) is 0 Å². The van der Waals surface area contributed by atoms with Crippen molar-refractivity contribution in [2.75, 3.05) is 18.4 Å². The number of nitrogens with one attached hydrogen (secondary N) is 1. The van der Waals surface area contributed by atoms with Crippen molar-refractivity contribution < 1.29 is 18.7 Å². The van der Waals surface area contributed by atoms with Crippen LogP contribution in [0.15, 0.2) is 18.2 Å². The van der Waals surface area contributed by atoms with E-state index in [4.69, 9.17) is 0 Å². The van der Waals surface area contributed by atoms with Gasteiger partial charge >= 0.3 is 6.03 Å².